The summed E-state index contributed by atoms with van der Waals surface area (Å²) in [5, 5.41) is 8.57. The van der Waals surface area contributed by atoms with Crippen LogP contribution in [0.3, 0.4) is 0 Å². The molecule has 0 bridgehead atoms. The lowest BCUT2D eigenvalue weighted by Gasteiger charge is -1.95. The largest absolute Gasteiger partial charge is 0.462 e. The molecule has 0 amide bonds. The van der Waals surface area contributed by atoms with E-state index >= 15 is 0 Å². The van der Waals surface area contributed by atoms with E-state index in [4.69, 9.17) is 15.7 Å². The zero-order chi connectivity index (χ0) is 9.84. The second kappa shape index (κ2) is 3.92. The molecule has 13 heavy (non-hydrogen) atoms. The number of thiophene rings is 1. The van der Waals surface area contributed by atoms with Crippen molar-refractivity contribution in [3.8, 4) is 6.07 Å². The number of hydrogen-bond donors (Lipinski definition) is 1. The van der Waals surface area contributed by atoms with E-state index in [9.17, 15) is 4.79 Å². The molecule has 1 aromatic rings. The molecule has 68 valence electrons. The van der Waals surface area contributed by atoms with Crippen molar-refractivity contribution in [3.05, 3.63) is 15.8 Å². The molecule has 0 radical (unpaired) electrons. The first-order valence-electron chi connectivity index (χ1n) is 3.65. The van der Waals surface area contributed by atoms with Crippen LogP contribution in [-0.2, 0) is 4.74 Å². The number of anilines is 1. The van der Waals surface area contributed by atoms with Gasteiger partial charge in [0.1, 0.15) is 15.8 Å². The van der Waals surface area contributed by atoms with Crippen LogP contribution < -0.4 is 5.73 Å². The van der Waals surface area contributed by atoms with Crippen molar-refractivity contribution in [1.82, 2.24) is 0 Å². The van der Waals surface area contributed by atoms with Crippen molar-refractivity contribution in [2.45, 2.75) is 6.92 Å². The SMILES string of the molecule is CCOC(=O)c1cc(N)c(C#N)s1. The number of nitrogens with zero attached hydrogens (tertiary/aromatic N) is 1. The van der Waals surface area contributed by atoms with Crippen LogP contribution in [0.15, 0.2) is 6.07 Å². The van der Waals surface area contributed by atoms with Gasteiger partial charge in [0.25, 0.3) is 0 Å². The molecule has 0 saturated carbocycles. The van der Waals surface area contributed by atoms with Crippen molar-refractivity contribution in [1.29, 1.82) is 5.26 Å². The highest BCUT2D eigenvalue weighted by atomic mass is 32.1. The Hall–Kier alpha value is -1.54. The molecule has 0 aliphatic heterocycles. The zero-order valence-corrected chi connectivity index (χ0v) is 7.85. The molecule has 2 N–H and O–H groups in total. The van der Waals surface area contributed by atoms with Crippen LogP contribution in [0.5, 0.6) is 0 Å². The maximum atomic E-state index is 11.1. The third kappa shape index (κ3) is 1.98. The molecule has 0 atom stereocenters. The predicted octanol–water partition coefficient (Wildman–Crippen LogP) is 1.38. The van der Waals surface area contributed by atoms with E-state index in [1.807, 2.05) is 6.07 Å². The average Bonchev–Trinajstić information content (AvgIpc) is 2.47. The van der Waals surface area contributed by atoms with Crippen LogP contribution in [0.4, 0.5) is 5.69 Å². The van der Waals surface area contributed by atoms with E-state index in [1.54, 1.807) is 6.92 Å². The third-order valence-corrected chi connectivity index (χ3v) is 2.37. The average molecular weight is 196 g/mol. The topological polar surface area (TPSA) is 76.1 Å². The lowest BCUT2D eigenvalue weighted by Crippen LogP contribution is -2.01. The lowest BCUT2D eigenvalue weighted by atomic mass is 10.4. The predicted molar refractivity (Wildman–Crippen MR) is 49.4 cm³/mol. The van der Waals surface area contributed by atoms with E-state index in [2.05, 4.69) is 0 Å². The Morgan fingerprint density at radius 1 is 1.85 bits per heavy atom. The zero-order valence-electron chi connectivity index (χ0n) is 7.03. The standard InChI is InChI=1S/C8H8N2O2S/c1-2-12-8(11)6-3-5(10)7(4-9)13-6/h3H,2,10H2,1H3. The summed E-state index contributed by atoms with van der Waals surface area (Å²) in [5.41, 5.74) is 5.80. The fraction of sp³-hybridized carbons (Fsp3) is 0.250. The monoisotopic (exact) mass is 196 g/mol. The summed E-state index contributed by atoms with van der Waals surface area (Å²) in [6.07, 6.45) is 0. The maximum absolute atomic E-state index is 11.1. The van der Waals surface area contributed by atoms with E-state index in [1.165, 1.54) is 6.07 Å². The highest BCUT2D eigenvalue weighted by Crippen LogP contribution is 2.24. The molecule has 0 aliphatic rings. The number of nitrogens with two attached hydrogens (primary N) is 1. The van der Waals surface area contributed by atoms with Gasteiger partial charge in [-0.25, -0.2) is 4.79 Å². The molecule has 1 aromatic heterocycles. The van der Waals surface area contributed by atoms with Crippen molar-refractivity contribution in [2.24, 2.45) is 0 Å². The number of rotatable bonds is 2. The van der Waals surface area contributed by atoms with E-state index in [0.717, 1.165) is 11.3 Å². The van der Waals surface area contributed by atoms with E-state index < -0.39 is 5.97 Å². The molecule has 5 heteroatoms. The molecule has 0 saturated heterocycles. The summed E-state index contributed by atoms with van der Waals surface area (Å²) in [4.78, 5) is 11.9. The van der Waals surface area contributed by atoms with Gasteiger partial charge < -0.3 is 10.5 Å². The van der Waals surface area contributed by atoms with Crippen LogP contribution in [0.2, 0.25) is 0 Å². The fourth-order valence-electron chi connectivity index (χ4n) is 0.795. The number of carbonyl (C=O) groups excluding carboxylic acids is 1. The summed E-state index contributed by atoms with van der Waals surface area (Å²) in [5.74, 6) is -0.430. The molecular formula is C8H8N2O2S. The second-order valence-electron chi connectivity index (χ2n) is 2.23. The molecule has 4 nitrogen and oxygen atoms in total. The Labute approximate surface area is 79.5 Å². The highest BCUT2D eigenvalue weighted by molar-refractivity contribution is 7.15. The van der Waals surface area contributed by atoms with Crippen LogP contribution in [0.25, 0.3) is 0 Å². The van der Waals surface area contributed by atoms with Gasteiger partial charge in [-0.1, -0.05) is 0 Å². The lowest BCUT2D eigenvalue weighted by molar-refractivity contribution is 0.0532. The van der Waals surface area contributed by atoms with Gasteiger partial charge in [-0.2, -0.15) is 5.26 Å². The smallest absolute Gasteiger partial charge is 0.348 e. The molecular weight excluding hydrogens is 188 g/mol. The Balaban J connectivity index is 2.92. The van der Waals surface area contributed by atoms with Crippen LogP contribution in [0.1, 0.15) is 21.5 Å². The van der Waals surface area contributed by atoms with Gasteiger partial charge in [0.2, 0.25) is 0 Å². The second-order valence-corrected chi connectivity index (χ2v) is 3.28. The van der Waals surface area contributed by atoms with E-state index in [0.29, 0.717) is 22.0 Å². The van der Waals surface area contributed by atoms with Gasteiger partial charge >= 0.3 is 5.97 Å². The quantitative estimate of drug-likeness (QED) is 0.725. The number of hydrogen-bond acceptors (Lipinski definition) is 5. The van der Waals surface area contributed by atoms with E-state index in [-0.39, 0.29) is 0 Å². The number of nitrogen functional groups attached to an aromatic ring is 1. The van der Waals surface area contributed by atoms with Gasteiger partial charge in [0.15, 0.2) is 0 Å². The first-order valence-corrected chi connectivity index (χ1v) is 4.47. The van der Waals surface area contributed by atoms with Crippen LogP contribution >= 0.6 is 11.3 Å². The van der Waals surface area contributed by atoms with Gasteiger partial charge in [-0.3, -0.25) is 0 Å². The minimum Gasteiger partial charge on any atom is -0.462 e. The van der Waals surface area contributed by atoms with Crippen LogP contribution in [0, 0.1) is 11.3 Å². The first kappa shape index (κ1) is 9.55. The third-order valence-electron chi connectivity index (χ3n) is 1.34. The van der Waals surface area contributed by atoms with Gasteiger partial charge in [-0.15, -0.1) is 11.3 Å². The minimum atomic E-state index is -0.430. The maximum Gasteiger partial charge on any atom is 0.348 e. The molecule has 0 aromatic carbocycles. The summed E-state index contributed by atoms with van der Waals surface area (Å²) in [6.45, 7) is 2.04. The Bertz CT molecular complexity index is 365. The summed E-state index contributed by atoms with van der Waals surface area (Å²) in [7, 11) is 0. The normalized spacial score (nSPS) is 9.23. The van der Waals surface area contributed by atoms with Gasteiger partial charge in [0, 0.05) is 0 Å². The van der Waals surface area contributed by atoms with Gasteiger partial charge in [0.05, 0.1) is 12.3 Å². The number of carbonyl (C=O) groups is 1. The highest BCUT2D eigenvalue weighted by Gasteiger charge is 2.13. The summed E-state index contributed by atoms with van der Waals surface area (Å²) >= 11 is 1.05. The number of nitriles is 1. The molecule has 0 fully saturated rings. The van der Waals surface area contributed by atoms with Gasteiger partial charge in [-0.05, 0) is 13.0 Å². The Kier molecular flexibility index (Phi) is 2.88. The minimum absolute atomic E-state index is 0.318. The summed E-state index contributed by atoms with van der Waals surface area (Å²) < 4.78 is 4.75. The number of esters is 1. The Morgan fingerprint density at radius 2 is 2.54 bits per heavy atom. The van der Waals surface area contributed by atoms with Crippen molar-refractivity contribution < 1.29 is 9.53 Å². The fourth-order valence-corrected chi connectivity index (χ4v) is 1.57. The van der Waals surface area contributed by atoms with Crippen molar-refractivity contribution in [3.63, 3.8) is 0 Å². The number of ether oxygens (including phenoxy) is 1. The Morgan fingerprint density at radius 3 is 3.00 bits per heavy atom. The summed E-state index contributed by atoms with van der Waals surface area (Å²) in [6, 6.07) is 3.36. The molecule has 1 heterocycles. The van der Waals surface area contributed by atoms with Crippen LogP contribution in [-0.4, -0.2) is 12.6 Å². The van der Waals surface area contributed by atoms with Crippen molar-refractivity contribution >= 4 is 23.0 Å². The molecule has 0 spiro atoms. The molecule has 0 aliphatic carbocycles. The van der Waals surface area contributed by atoms with Crippen molar-refractivity contribution in [2.75, 3.05) is 12.3 Å². The molecule has 0 unspecified atom stereocenters. The molecule has 1 rings (SSSR count). The first-order chi connectivity index (χ1) is 6.19.